The van der Waals surface area contributed by atoms with Crippen LogP contribution in [0.2, 0.25) is 0 Å². The van der Waals surface area contributed by atoms with Crippen molar-refractivity contribution in [3.05, 3.63) is 95.6 Å². The molecule has 1 aliphatic heterocycles. The number of aryl methyl sites for hydroxylation is 2. The van der Waals surface area contributed by atoms with Gasteiger partial charge in [0.05, 0.1) is 16.6 Å². The first kappa shape index (κ1) is 24.7. The molecular formula is C30H31FN4O2. The predicted octanol–water partition coefficient (Wildman–Crippen LogP) is 5.30. The van der Waals surface area contributed by atoms with Gasteiger partial charge in [0, 0.05) is 25.2 Å². The van der Waals surface area contributed by atoms with Crippen molar-refractivity contribution in [1.82, 2.24) is 14.9 Å². The van der Waals surface area contributed by atoms with Gasteiger partial charge in [0.15, 0.2) is 0 Å². The van der Waals surface area contributed by atoms with Crippen LogP contribution in [0, 0.1) is 5.82 Å². The number of hydrogen-bond acceptors (Lipinski definition) is 3. The van der Waals surface area contributed by atoms with Gasteiger partial charge < -0.3 is 14.8 Å². The zero-order chi connectivity index (χ0) is 25.6. The van der Waals surface area contributed by atoms with Crippen molar-refractivity contribution >= 4 is 28.5 Å². The maximum absolute atomic E-state index is 13.8. The molecular weight excluding hydrogens is 467 g/mol. The molecule has 0 fully saturated rings. The molecule has 2 amide bonds. The molecule has 1 N–H and O–H groups in total. The lowest BCUT2D eigenvalue weighted by molar-refractivity contribution is -0.119. The van der Waals surface area contributed by atoms with Gasteiger partial charge in [0.25, 0.3) is 5.91 Å². The topological polar surface area (TPSA) is 67.2 Å². The Morgan fingerprint density at radius 1 is 0.919 bits per heavy atom. The molecule has 0 unspecified atom stereocenters. The number of aromatic nitrogens is 2. The van der Waals surface area contributed by atoms with Crippen LogP contribution < -0.4 is 10.2 Å². The van der Waals surface area contributed by atoms with Crippen LogP contribution in [0.4, 0.5) is 10.1 Å². The number of unbranched alkanes of at least 4 members (excludes halogenated alkanes) is 2. The number of imidazole rings is 1. The number of para-hydroxylation sites is 3. The van der Waals surface area contributed by atoms with Crippen molar-refractivity contribution in [2.75, 3.05) is 18.0 Å². The number of amides is 2. The molecule has 0 aliphatic carbocycles. The molecule has 6 nitrogen and oxygen atoms in total. The second-order valence-electron chi connectivity index (χ2n) is 9.43. The van der Waals surface area contributed by atoms with Gasteiger partial charge in [0.1, 0.15) is 18.2 Å². The summed E-state index contributed by atoms with van der Waals surface area (Å²) in [6.07, 6.45) is 5.24. The third-order valence-corrected chi connectivity index (χ3v) is 6.92. The summed E-state index contributed by atoms with van der Waals surface area (Å²) in [6.45, 7) is 1.47. The summed E-state index contributed by atoms with van der Waals surface area (Å²) in [4.78, 5) is 32.4. The van der Waals surface area contributed by atoms with E-state index >= 15 is 0 Å². The molecule has 2 heterocycles. The van der Waals surface area contributed by atoms with E-state index in [1.165, 1.54) is 17.7 Å². The number of rotatable bonds is 9. The summed E-state index contributed by atoms with van der Waals surface area (Å²) in [5, 5.41) is 2.79. The Kier molecular flexibility index (Phi) is 7.59. The maximum Gasteiger partial charge on any atom is 0.254 e. The number of nitrogens with one attached hydrogen (secondary N) is 1. The fourth-order valence-corrected chi connectivity index (χ4v) is 5.03. The van der Waals surface area contributed by atoms with Crippen molar-refractivity contribution in [3.8, 4) is 0 Å². The molecule has 190 valence electrons. The molecule has 0 radical (unpaired) electrons. The second kappa shape index (κ2) is 11.4. The number of carbonyl (C=O) groups is 2. The molecule has 0 spiro atoms. The van der Waals surface area contributed by atoms with Crippen molar-refractivity contribution < 1.29 is 14.0 Å². The first-order chi connectivity index (χ1) is 18.1. The van der Waals surface area contributed by atoms with E-state index in [-0.39, 0.29) is 18.0 Å². The quantitative estimate of drug-likeness (QED) is 0.319. The molecule has 1 aliphatic rings. The highest BCUT2D eigenvalue weighted by Crippen LogP contribution is 2.27. The Bertz CT molecular complexity index is 1410. The molecule has 3 aromatic carbocycles. The lowest BCUT2D eigenvalue weighted by atomic mass is 10.0. The van der Waals surface area contributed by atoms with E-state index in [2.05, 4.69) is 16.0 Å². The molecule has 7 heteroatoms. The first-order valence-corrected chi connectivity index (χ1v) is 13.0. The molecule has 37 heavy (non-hydrogen) atoms. The van der Waals surface area contributed by atoms with E-state index in [1.807, 2.05) is 47.4 Å². The van der Waals surface area contributed by atoms with Crippen molar-refractivity contribution in [2.24, 2.45) is 0 Å². The molecule has 5 rings (SSSR count). The van der Waals surface area contributed by atoms with Crippen LogP contribution in [0.15, 0.2) is 72.8 Å². The van der Waals surface area contributed by atoms with Crippen LogP contribution in [0.1, 0.15) is 47.4 Å². The lowest BCUT2D eigenvalue weighted by Gasteiger charge is -2.29. The predicted molar refractivity (Wildman–Crippen MR) is 143 cm³/mol. The largest absolute Gasteiger partial charge is 0.352 e. The smallest absolute Gasteiger partial charge is 0.254 e. The third-order valence-electron chi connectivity index (χ3n) is 6.92. The summed E-state index contributed by atoms with van der Waals surface area (Å²) in [7, 11) is 0. The zero-order valence-corrected chi connectivity index (χ0v) is 20.8. The third kappa shape index (κ3) is 5.56. The molecule has 0 saturated carbocycles. The number of carbonyl (C=O) groups excluding carboxylic acids is 2. The molecule has 0 saturated heterocycles. The van der Waals surface area contributed by atoms with E-state index in [4.69, 9.17) is 4.98 Å². The average Bonchev–Trinajstić information content (AvgIpc) is 3.27. The molecule has 0 atom stereocenters. The Morgan fingerprint density at radius 2 is 1.70 bits per heavy atom. The van der Waals surface area contributed by atoms with E-state index < -0.39 is 11.7 Å². The van der Waals surface area contributed by atoms with E-state index in [0.29, 0.717) is 6.54 Å². The number of nitrogens with zero attached hydrogens (tertiary/aromatic N) is 3. The fourth-order valence-electron chi connectivity index (χ4n) is 5.03. The molecule has 0 bridgehead atoms. The summed E-state index contributed by atoms with van der Waals surface area (Å²) in [5.41, 5.74) is 4.16. The van der Waals surface area contributed by atoms with E-state index in [9.17, 15) is 14.0 Å². The lowest BCUT2D eigenvalue weighted by Crippen LogP contribution is -2.38. The fraction of sp³-hybridized carbons (Fsp3) is 0.300. The van der Waals surface area contributed by atoms with Gasteiger partial charge in [0.2, 0.25) is 5.91 Å². The van der Waals surface area contributed by atoms with Crippen LogP contribution in [-0.2, 0) is 24.2 Å². The minimum atomic E-state index is -0.513. The van der Waals surface area contributed by atoms with E-state index in [1.54, 1.807) is 12.1 Å². The number of fused-ring (bicyclic) bond motifs is 2. The van der Waals surface area contributed by atoms with Crippen molar-refractivity contribution in [2.45, 2.75) is 45.1 Å². The summed E-state index contributed by atoms with van der Waals surface area (Å²) >= 11 is 0. The van der Waals surface area contributed by atoms with Gasteiger partial charge >= 0.3 is 0 Å². The average molecular weight is 499 g/mol. The molecule has 4 aromatic rings. The van der Waals surface area contributed by atoms with Crippen molar-refractivity contribution in [1.29, 1.82) is 0 Å². The standard InChI is InChI=1S/C30H31FN4O2/c31-24-14-5-4-13-23(24)30(37)32-19-9-1-2-18-28-33-25-15-6-8-17-27(25)35(28)21-29(36)34-20-10-12-22-11-3-7-16-26(22)34/h3-8,11,13-17H,1-2,9-10,12,18-21H2,(H,32,37). The highest BCUT2D eigenvalue weighted by molar-refractivity contribution is 5.95. The monoisotopic (exact) mass is 498 g/mol. The minimum absolute atomic E-state index is 0.0669. The Morgan fingerprint density at radius 3 is 2.59 bits per heavy atom. The first-order valence-electron chi connectivity index (χ1n) is 13.0. The van der Waals surface area contributed by atoms with Gasteiger partial charge in [-0.3, -0.25) is 9.59 Å². The number of anilines is 1. The normalized spacial score (nSPS) is 12.9. The van der Waals surface area contributed by atoms with E-state index in [0.717, 1.165) is 67.6 Å². The van der Waals surface area contributed by atoms with Crippen molar-refractivity contribution in [3.63, 3.8) is 0 Å². The minimum Gasteiger partial charge on any atom is -0.352 e. The number of hydrogen-bond donors (Lipinski definition) is 1. The van der Waals surface area contributed by atoms with Crippen LogP contribution >= 0.6 is 0 Å². The van der Waals surface area contributed by atoms with Crippen LogP contribution in [0.25, 0.3) is 11.0 Å². The summed E-state index contributed by atoms with van der Waals surface area (Å²) in [5.74, 6) is 0.0711. The van der Waals surface area contributed by atoms with Crippen LogP contribution in [-0.4, -0.2) is 34.5 Å². The van der Waals surface area contributed by atoms with Crippen LogP contribution in [0.5, 0.6) is 0 Å². The summed E-state index contributed by atoms with van der Waals surface area (Å²) < 4.78 is 15.8. The van der Waals surface area contributed by atoms with Gasteiger partial charge in [-0.25, -0.2) is 9.37 Å². The SMILES string of the molecule is O=C(NCCCCCc1nc2ccccc2n1CC(=O)N1CCCc2ccccc21)c1ccccc1F. The number of benzene rings is 3. The van der Waals surface area contributed by atoms with Gasteiger partial charge in [-0.1, -0.05) is 48.9 Å². The second-order valence-corrected chi connectivity index (χ2v) is 9.43. The Balaban J connectivity index is 1.20. The zero-order valence-electron chi connectivity index (χ0n) is 20.8. The van der Waals surface area contributed by atoms with Gasteiger partial charge in [-0.05, 0) is 61.6 Å². The van der Waals surface area contributed by atoms with Crippen LogP contribution in [0.3, 0.4) is 0 Å². The number of halogens is 1. The summed E-state index contributed by atoms with van der Waals surface area (Å²) in [6, 6.07) is 22.1. The highest BCUT2D eigenvalue weighted by Gasteiger charge is 2.24. The Labute approximate surface area is 216 Å². The highest BCUT2D eigenvalue weighted by atomic mass is 19.1. The van der Waals surface area contributed by atoms with Gasteiger partial charge in [-0.2, -0.15) is 0 Å². The maximum atomic E-state index is 13.8. The van der Waals surface area contributed by atoms with Gasteiger partial charge in [-0.15, -0.1) is 0 Å². The Hall–Kier alpha value is -4.00. The molecule has 1 aromatic heterocycles.